The number of carboxylic acid groups (broad SMARTS) is 1. The molecule has 1 rings (SSSR count). The maximum atomic E-state index is 12.6. The van der Waals surface area contributed by atoms with Crippen LogP contribution in [-0.2, 0) is 18.0 Å². The molecule has 0 radical (unpaired) electrons. The maximum Gasteiger partial charge on any atom is 0.435 e. The van der Waals surface area contributed by atoms with Crippen LogP contribution in [-0.4, -0.2) is 20.9 Å². The van der Waals surface area contributed by atoms with Crippen LogP contribution in [0.3, 0.4) is 0 Å². The van der Waals surface area contributed by atoms with Crippen molar-refractivity contribution in [1.82, 2.24) is 9.78 Å². The van der Waals surface area contributed by atoms with Gasteiger partial charge in [-0.25, -0.2) is 0 Å². The molecule has 1 aromatic heterocycles. The van der Waals surface area contributed by atoms with E-state index in [0.29, 0.717) is 0 Å². The van der Waals surface area contributed by atoms with Gasteiger partial charge < -0.3 is 10.8 Å². The number of carboxylic acids is 1. The van der Waals surface area contributed by atoms with E-state index in [1.54, 1.807) is 0 Å². The van der Waals surface area contributed by atoms with E-state index in [9.17, 15) is 18.0 Å². The molecule has 0 spiro atoms. The van der Waals surface area contributed by atoms with Crippen molar-refractivity contribution >= 4 is 17.6 Å². The zero-order valence-corrected chi connectivity index (χ0v) is 9.38. The van der Waals surface area contributed by atoms with Crippen molar-refractivity contribution in [2.75, 3.05) is 0 Å². The SMILES string of the molecule is Cn1nc(C(F)(F)F)c(C(N)CC(=O)O)c1Cl. The molecule has 1 heterocycles. The van der Waals surface area contributed by atoms with Crippen LogP contribution in [0.25, 0.3) is 0 Å². The summed E-state index contributed by atoms with van der Waals surface area (Å²) in [5.74, 6) is -1.31. The molecule has 0 aliphatic heterocycles. The quantitative estimate of drug-likeness (QED) is 0.874. The predicted octanol–water partition coefficient (Wildman–Crippen LogP) is 1.57. The number of aliphatic carboxylic acids is 1. The molecule has 0 fully saturated rings. The summed E-state index contributed by atoms with van der Waals surface area (Å²) < 4.78 is 38.6. The Hall–Kier alpha value is -1.28. The van der Waals surface area contributed by atoms with Crippen molar-refractivity contribution in [2.45, 2.75) is 18.6 Å². The molecular formula is C8H9ClF3N3O2. The number of nitrogens with two attached hydrogens (primary N) is 1. The Morgan fingerprint density at radius 3 is 2.59 bits per heavy atom. The third-order valence-electron chi connectivity index (χ3n) is 2.05. The second-order valence-corrected chi connectivity index (χ2v) is 3.74. The Balaban J connectivity index is 3.26. The van der Waals surface area contributed by atoms with Gasteiger partial charge in [-0.05, 0) is 0 Å². The first-order valence-electron chi connectivity index (χ1n) is 4.41. The molecule has 0 aliphatic carbocycles. The molecular weight excluding hydrogens is 263 g/mol. The monoisotopic (exact) mass is 271 g/mol. The van der Waals surface area contributed by atoms with Gasteiger partial charge in [-0.2, -0.15) is 18.3 Å². The summed E-state index contributed by atoms with van der Waals surface area (Å²) in [5, 5.41) is 11.4. The fourth-order valence-corrected chi connectivity index (χ4v) is 1.62. The fraction of sp³-hybridized carbons (Fsp3) is 0.500. The van der Waals surface area contributed by atoms with Gasteiger partial charge >= 0.3 is 12.1 Å². The Kier molecular flexibility index (Phi) is 3.68. The number of aromatic nitrogens is 2. The van der Waals surface area contributed by atoms with Gasteiger partial charge in [0.25, 0.3) is 0 Å². The number of nitrogens with zero attached hydrogens (tertiary/aromatic N) is 2. The predicted molar refractivity (Wildman–Crippen MR) is 52.4 cm³/mol. The second kappa shape index (κ2) is 4.53. The third-order valence-corrected chi connectivity index (χ3v) is 2.49. The van der Waals surface area contributed by atoms with Gasteiger partial charge in [-0.3, -0.25) is 9.48 Å². The zero-order chi connectivity index (χ0) is 13.4. The van der Waals surface area contributed by atoms with E-state index < -0.39 is 35.9 Å². The van der Waals surface area contributed by atoms with Crippen molar-refractivity contribution in [3.05, 3.63) is 16.4 Å². The lowest BCUT2D eigenvalue weighted by Crippen LogP contribution is -2.19. The molecule has 0 aromatic carbocycles. The highest BCUT2D eigenvalue weighted by atomic mass is 35.5. The van der Waals surface area contributed by atoms with Crippen molar-refractivity contribution < 1.29 is 23.1 Å². The minimum absolute atomic E-state index is 0.314. The van der Waals surface area contributed by atoms with Crippen LogP contribution in [0.1, 0.15) is 23.7 Å². The van der Waals surface area contributed by atoms with E-state index in [0.717, 1.165) is 4.68 Å². The van der Waals surface area contributed by atoms with Gasteiger partial charge in [0.1, 0.15) is 5.15 Å². The molecule has 1 unspecified atom stereocenters. The van der Waals surface area contributed by atoms with E-state index in [1.165, 1.54) is 7.05 Å². The highest BCUT2D eigenvalue weighted by Gasteiger charge is 2.40. The Bertz CT molecular complexity index is 444. The minimum Gasteiger partial charge on any atom is -0.481 e. The highest BCUT2D eigenvalue weighted by molar-refractivity contribution is 6.30. The van der Waals surface area contributed by atoms with Gasteiger partial charge in [0.2, 0.25) is 0 Å². The molecule has 17 heavy (non-hydrogen) atoms. The molecule has 3 N–H and O–H groups in total. The van der Waals surface area contributed by atoms with Crippen molar-refractivity contribution in [3.8, 4) is 0 Å². The molecule has 96 valence electrons. The average molecular weight is 272 g/mol. The smallest absolute Gasteiger partial charge is 0.435 e. The van der Waals surface area contributed by atoms with E-state index in [4.69, 9.17) is 22.4 Å². The molecule has 0 saturated heterocycles. The number of rotatable bonds is 3. The standard InChI is InChI=1S/C8H9ClF3N3O2/c1-15-7(9)5(3(13)2-4(16)17)6(14-15)8(10,11)12/h3H,2,13H2,1H3,(H,16,17). The van der Waals surface area contributed by atoms with Crippen LogP contribution in [0.4, 0.5) is 13.2 Å². The number of hydrogen-bond acceptors (Lipinski definition) is 3. The average Bonchev–Trinajstić information content (AvgIpc) is 2.41. The minimum atomic E-state index is -4.73. The molecule has 1 atom stereocenters. The van der Waals surface area contributed by atoms with E-state index >= 15 is 0 Å². The van der Waals surface area contributed by atoms with Crippen LogP contribution in [0.5, 0.6) is 0 Å². The van der Waals surface area contributed by atoms with Gasteiger partial charge in [-0.1, -0.05) is 11.6 Å². The first kappa shape index (κ1) is 13.8. The topological polar surface area (TPSA) is 81.1 Å². The molecule has 0 amide bonds. The highest BCUT2D eigenvalue weighted by Crippen LogP contribution is 2.37. The molecule has 0 saturated carbocycles. The Morgan fingerprint density at radius 2 is 2.18 bits per heavy atom. The lowest BCUT2D eigenvalue weighted by Gasteiger charge is -2.11. The molecule has 5 nitrogen and oxygen atoms in total. The number of hydrogen-bond donors (Lipinski definition) is 2. The summed E-state index contributed by atoms with van der Waals surface area (Å²) in [5.41, 5.74) is 3.64. The third kappa shape index (κ3) is 2.89. The second-order valence-electron chi connectivity index (χ2n) is 3.38. The number of alkyl halides is 3. The van der Waals surface area contributed by atoms with E-state index in [1.807, 2.05) is 0 Å². The van der Waals surface area contributed by atoms with Crippen LogP contribution in [0, 0.1) is 0 Å². The van der Waals surface area contributed by atoms with E-state index in [2.05, 4.69) is 5.10 Å². The Morgan fingerprint density at radius 1 is 1.65 bits per heavy atom. The summed E-state index contributed by atoms with van der Waals surface area (Å²) in [6.45, 7) is 0. The number of carbonyl (C=O) groups is 1. The van der Waals surface area contributed by atoms with Crippen molar-refractivity contribution in [1.29, 1.82) is 0 Å². The lowest BCUT2D eigenvalue weighted by atomic mass is 10.1. The Labute approximate surface area is 99.0 Å². The first-order chi connectivity index (χ1) is 7.64. The van der Waals surface area contributed by atoms with Crippen LogP contribution in [0.15, 0.2) is 0 Å². The largest absolute Gasteiger partial charge is 0.481 e. The molecule has 0 aliphatic rings. The van der Waals surface area contributed by atoms with Crippen LogP contribution in [0.2, 0.25) is 5.15 Å². The number of aryl methyl sites for hydroxylation is 1. The van der Waals surface area contributed by atoms with Crippen LogP contribution >= 0.6 is 11.6 Å². The van der Waals surface area contributed by atoms with Gasteiger partial charge in [-0.15, -0.1) is 0 Å². The summed E-state index contributed by atoms with van der Waals surface area (Å²) in [6.07, 6.45) is -5.38. The molecule has 1 aromatic rings. The van der Waals surface area contributed by atoms with E-state index in [-0.39, 0.29) is 5.15 Å². The van der Waals surface area contributed by atoms with Gasteiger partial charge in [0.15, 0.2) is 5.69 Å². The zero-order valence-electron chi connectivity index (χ0n) is 8.62. The summed E-state index contributed by atoms with van der Waals surface area (Å²) in [4.78, 5) is 10.4. The summed E-state index contributed by atoms with van der Waals surface area (Å²) in [7, 11) is 1.22. The molecule has 0 bridgehead atoms. The molecule has 9 heteroatoms. The normalized spacial score (nSPS) is 13.8. The van der Waals surface area contributed by atoms with Crippen molar-refractivity contribution in [3.63, 3.8) is 0 Å². The van der Waals surface area contributed by atoms with Crippen molar-refractivity contribution in [2.24, 2.45) is 12.8 Å². The maximum absolute atomic E-state index is 12.6. The van der Waals surface area contributed by atoms with Gasteiger partial charge in [0, 0.05) is 18.7 Å². The van der Waals surface area contributed by atoms with Gasteiger partial charge in [0.05, 0.1) is 6.42 Å². The fourth-order valence-electron chi connectivity index (χ4n) is 1.35. The number of halogens is 4. The summed E-state index contributed by atoms with van der Waals surface area (Å²) >= 11 is 5.63. The first-order valence-corrected chi connectivity index (χ1v) is 4.79. The lowest BCUT2D eigenvalue weighted by molar-refractivity contribution is -0.143. The summed E-state index contributed by atoms with van der Waals surface area (Å²) in [6, 6.07) is -1.36. The van der Waals surface area contributed by atoms with Crippen LogP contribution < -0.4 is 5.73 Å².